The van der Waals surface area contributed by atoms with Gasteiger partial charge in [-0.2, -0.15) is 5.26 Å². The maximum atomic E-state index is 11.9. The second-order valence-electron chi connectivity index (χ2n) is 4.43. The predicted molar refractivity (Wildman–Crippen MR) is 77.7 cm³/mol. The average Bonchev–Trinajstić information content (AvgIpc) is 2.52. The van der Waals surface area contributed by atoms with Gasteiger partial charge >= 0.3 is 5.97 Å². The van der Waals surface area contributed by atoms with Crippen molar-refractivity contribution < 1.29 is 9.53 Å². The van der Waals surface area contributed by atoms with E-state index in [-0.39, 0.29) is 12.2 Å². The second-order valence-corrected chi connectivity index (χ2v) is 4.43. The van der Waals surface area contributed by atoms with Gasteiger partial charge in [0.05, 0.1) is 0 Å². The van der Waals surface area contributed by atoms with E-state index in [2.05, 4.69) is 9.97 Å². The summed E-state index contributed by atoms with van der Waals surface area (Å²) in [4.78, 5) is 22.2. The molecule has 0 saturated carbocycles. The van der Waals surface area contributed by atoms with Crippen molar-refractivity contribution in [3.05, 3.63) is 42.1 Å². The monoisotopic (exact) mass is 282 g/mol. The summed E-state index contributed by atoms with van der Waals surface area (Å²) in [6.45, 7) is -0.299. The van der Waals surface area contributed by atoms with Crippen LogP contribution in [0, 0.1) is 11.3 Å². The molecule has 1 heterocycles. The van der Waals surface area contributed by atoms with Crippen LogP contribution in [0.4, 0.5) is 5.82 Å². The van der Waals surface area contributed by atoms with Gasteiger partial charge in [-0.15, -0.1) is 0 Å². The van der Waals surface area contributed by atoms with E-state index in [9.17, 15) is 4.79 Å². The molecule has 0 bridgehead atoms. The van der Waals surface area contributed by atoms with Gasteiger partial charge in [-0.25, -0.2) is 14.8 Å². The van der Waals surface area contributed by atoms with E-state index in [1.807, 2.05) is 30.3 Å². The molecule has 2 rings (SSSR count). The first-order chi connectivity index (χ1) is 10.1. The van der Waals surface area contributed by atoms with Crippen molar-refractivity contribution in [2.24, 2.45) is 0 Å². The van der Waals surface area contributed by atoms with Crippen LogP contribution in [0.2, 0.25) is 0 Å². The highest BCUT2D eigenvalue weighted by molar-refractivity contribution is 5.94. The van der Waals surface area contributed by atoms with Crippen LogP contribution < -0.4 is 4.90 Å². The number of nitriles is 1. The molecule has 106 valence electrons. The molecule has 21 heavy (non-hydrogen) atoms. The molecule has 0 unspecified atom stereocenters. The number of carbonyl (C=O) groups is 1. The van der Waals surface area contributed by atoms with E-state index >= 15 is 0 Å². The van der Waals surface area contributed by atoms with Gasteiger partial charge in [0.15, 0.2) is 12.4 Å². The largest absolute Gasteiger partial charge is 0.447 e. The summed E-state index contributed by atoms with van der Waals surface area (Å²) in [5.41, 5.74) is 1.09. The van der Waals surface area contributed by atoms with E-state index in [0.29, 0.717) is 11.6 Å². The zero-order valence-corrected chi connectivity index (χ0v) is 11.8. The summed E-state index contributed by atoms with van der Waals surface area (Å²) in [6, 6.07) is 11.2. The molecule has 0 amide bonds. The van der Waals surface area contributed by atoms with Crippen LogP contribution in [0.15, 0.2) is 36.5 Å². The third kappa shape index (κ3) is 3.34. The number of carbonyl (C=O) groups excluding carboxylic acids is 1. The van der Waals surface area contributed by atoms with Crippen molar-refractivity contribution in [3.63, 3.8) is 0 Å². The molecule has 0 saturated heterocycles. The Kier molecular flexibility index (Phi) is 4.46. The summed E-state index contributed by atoms with van der Waals surface area (Å²) in [5, 5.41) is 8.46. The van der Waals surface area contributed by atoms with E-state index < -0.39 is 5.97 Å². The standard InChI is InChI=1S/C15H14N4O2/c1-19(2)14-12(15(20)21-9-8-16)10-17-13(18-14)11-6-4-3-5-7-11/h3-7,10H,9H2,1-2H3. The molecule has 6 heteroatoms. The molecular weight excluding hydrogens is 268 g/mol. The Hall–Kier alpha value is -2.94. The summed E-state index contributed by atoms with van der Waals surface area (Å²) < 4.78 is 4.81. The molecule has 0 fully saturated rings. The third-order valence-corrected chi connectivity index (χ3v) is 2.71. The predicted octanol–water partition coefficient (Wildman–Crippen LogP) is 1.89. The van der Waals surface area contributed by atoms with Crippen LogP contribution in [0.3, 0.4) is 0 Å². The molecule has 0 spiro atoms. The maximum Gasteiger partial charge on any atom is 0.344 e. The average molecular weight is 282 g/mol. The van der Waals surface area contributed by atoms with E-state index in [1.165, 1.54) is 6.20 Å². The van der Waals surface area contributed by atoms with Crippen molar-refractivity contribution in [3.8, 4) is 17.5 Å². The normalized spacial score (nSPS) is 9.76. The van der Waals surface area contributed by atoms with Crippen LogP contribution in [-0.2, 0) is 4.74 Å². The van der Waals surface area contributed by atoms with Crippen LogP contribution in [-0.4, -0.2) is 36.6 Å². The smallest absolute Gasteiger partial charge is 0.344 e. The molecule has 0 aliphatic carbocycles. The summed E-state index contributed by atoms with van der Waals surface area (Å²) in [5.74, 6) is 0.364. The minimum Gasteiger partial charge on any atom is -0.447 e. The van der Waals surface area contributed by atoms with Gasteiger partial charge < -0.3 is 9.64 Å². The fraction of sp³-hybridized carbons (Fsp3) is 0.200. The highest BCUT2D eigenvalue weighted by Crippen LogP contribution is 2.21. The fourth-order valence-corrected chi connectivity index (χ4v) is 1.76. The molecule has 0 atom stereocenters. The van der Waals surface area contributed by atoms with Crippen molar-refractivity contribution in [1.29, 1.82) is 5.26 Å². The summed E-state index contributed by atoms with van der Waals surface area (Å²) in [6.07, 6.45) is 1.42. The van der Waals surface area contributed by atoms with Gasteiger partial charge in [-0.3, -0.25) is 0 Å². The minimum atomic E-state index is -0.611. The van der Waals surface area contributed by atoms with Crippen LogP contribution in [0.25, 0.3) is 11.4 Å². The van der Waals surface area contributed by atoms with Gasteiger partial charge in [-0.1, -0.05) is 30.3 Å². The number of aromatic nitrogens is 2. The Labute approximate surface area is 122 Å². The maximum absolute atomic E-state index is 11.9. The topological polar surface area (TPSA) is 79.1 Å². The van der Waals surface area contributed by atoms with Crippen molar-refractivity contribution >= 4 is 11.8 Å². The summed E-state index contributed by atoms with van der Waals surface area (Å²) in [7, 11) is 3.55. The Morgan fingerprint density at radius 1 is 1.33 bits per heavy atom. The number of anilines is 1. The SMILES string of the molecule is CN(C)c1nc(-c2ccccc2)ncc1C(=O)OCC#N. The molecule has 0 aliphatic rings. The number of benzene rings is 1. The van der Waals surface area contributed by atoms with E-state index in [1.54, 1.807) is 25.1 Å². The fourth-order valence-electron chi connectivity index (χ4n) is 1.76. The zero-order valence-electron chi connectivity index (χ0n) is 11.8. The number of ether oxygens (including phenoxy) is 1. The molecular formula is C15H14N4O2. The van der Waals surface area contributed by atoms with Gasteiger partial charge in [0.2, 0.25) is 0 Å². The van der Waals surface area contributed by atoms with Crippen LogP contribution in [0.1, 0.15) is 10.4 Å². The molecule has 0 aliphatic heterocycles. The lowest BCUT2D eigenvalue weighted by atomic mass is 10.2. The highest BCUT2D eigenvalue weighted by Gasteiger charge is 2.18. The van der Waals surface area contributed by atoms with Gasteiger partial charge in [-0.05, 0) is 0 Å². The zero-order chi connectivity index (χ0) is 15.2. The highest BCUT2D eigenvalue weighted by atomic mass is 16.5. The van der Waals surface area contributed by atoms with Crippen molar-refractivity contribution in [2.75, 3.05) is 25.6 Å². The Balaban J connectivity index is 2.41. The lowest BCUT2D eigenvalue weighted by Crippen LogP contribution is -2.18. The van der Waals surface area contributed by atoms with Crippen LogP contribution in [0.5, 0.6) is 0 Å². The lowest BCUT2D eigenvalue weighted by molar-refractivity contribution is 0.0555. The number of hydrogen-bond donors (Lipinski definition) is 0. The van der Waals surface area contributed by atoms with Crippen molar-refractivity contribution in [1.82, 2.24) is 9.97 Å². The second kappa shape index (κ2) is 6.48. The first-order valence-corrected chi connectivity index (χ1v) is 6.27. The number of esters is 1. The first kappa shape index (κ1) is 14.5. The number of nitrogens with zero attached hydrogens (tertiary/aromatic N) is 4. The quantitative estimate of drug-likeness (QED) is 0.797. The van der Waals surface area contributed by atoms with Gasteiger partial charge in [0.1, 0.15) is 17.5 Å². The third-order valence-electron chi connectivity index (χ3n) is 2.71. The molecule has 2 aromatic rings. The molecule has 0 N–H and O–H groups in total. The van der Waals surface area contributed by atoms with Crippen molar-refractivity contribution in [2.45, 2.75) is 0 Å². The van der Waals surface area contributed by atoms with Gasteiger partial charge in [0.25, 0.3) is 0 Å². The molecule has 6 nitrogen and oxygen atoms in total. The first-order valence-electron chi connectivity index (χ1n) is 6.27. The summed E-state index contributed by atoms with van der Waals surface area (Å²) >= 11 is 0. The van der Waals surface area contributed by atoms with E-state index in [0.717, 1.165) is 5.56 Å². The Morgan fingerprint density at radius 3 is 2.67 bits per heavy atom. The van der Waals surface area contributed by atoms with E-state index in [4.69, 9.17) is 10.00 Å². The molecule has 0 radical (unpaired) electrons. The molecule has 1 aromatic heterocycles. The Morgan fingerprint density at radius 2 is 2.05 bits per heavy atom. The Bertz CT molecular complexity index is 678. The minimum absolute atomic E-state index is 0.231. The van der Waals surface area contributed by atoms with Crippen LogP contribution >= 0.6 is 0 Å². The number of rotatable bonds is 4. The number of hydrogen-bond acceptors (Lipinski definition) is 6. The van der Waals surface area contributed by atoms with Gasteiger partial charge in [0, 0.05) is 25.9 Å². The lowest BCUT2D eigenvalue weighted by Gasteiger charge is -2.15. The molecule has 1 aromatic carbocycles.